The zero-order valence-corrected chi connectivity index (χ0v) is 18.6. The van der Waals surface area contributed by atoms with Gasteiger partial charge in [0, 0.05) is 37.3 Å². The minimum atomic E-state index is -0.735. The van der Waals surface area contributed by atoms with Crippen molar-refractivity contribution >= 4 is 17.3 Å². The van der Waals surface area contributed by atoms with Crippen molar-refractivity contribution in [1.82, 2.24) is 24.0 Å². The minimum Gasteiger partial charge on any atom is -0.497 e. The Morgan fingerprint density at radius 3 is 2.53 bits per heavy atom. The van der Waals surface area contributed by atoms with Gasteiger partial charge in [0.25, 0.3) is 5.56 Å². The zero-order valence-electron chi connectivity index (χ0n) is 18.6. The fraction of sp³-hybridized carbons (Fsp3) is 0.391. The quantitative estimate of drug-likeness (QED) is 0.576. The summed E-state index contributed by atoms with van der Waals surface area (Å²) in [6.45, 7) is -0.00986. The smallest absolute Gasteiger partial charge is 0.415 e. The molecule has 0 atom stereocenters. The van der Waals surface area contributed by atoms with Crippen LogP contribution in [0.1, 0.15) is 43.6 Å². The van der Waals surface area contributed by atoms with Crippen LogP contribution in [0.15, 0.2) is 27.8 Å². The van der Waals surface area contributed by atoms with E-state index in [9.17, 15) is 18.8 Å². The molecular formula is C23H22FN5O5. The average molecular weight is 467 g/mol. The topological polar surface area (TPSA) is 111 Å². The molecule has 0 spiro atoms. The molecule has 0 unspecified atom stereocenters. The Bertz CT molecular complexity index is 1470. The van der Waals surface area contributed by atoms with Gasteiger partial charge in [0.1, 0.15) is 17.3 Å². The Labute approximate surface area is 192 Å². The van der Waals surface area contributed by atoms with E-state index in [0.29, 0.717) is 5.65 Å². The Hall–Kier alpha value is -4.07. The third-order valence-corrected chi connectivity index (χ3v) is 5.70. The number of aromatic nitrogens is 4. The summed E-state index contributed by atoms with van der Waals surface area (Å²) in [4.78, 5) is 46.6. The first-order valence-electron chi connectivity index (χ1n) is 10.9. The van der Waals surface area contributed by atoms with Crippen molar-refractivity contribution in [3.63, 3.8) is 0 Å². The van der Waals surface area contributed by atoms with E-state index >= 15 is 0 Å². The Kier molecular flexibility index (Phi) is 5.36. The van der Waals surface area contributed by atoms with Crippen LogP contribution < -0.4 is 20.7 Å². The van der Waals surface area contributed by atoms with Gasteiger partial charge < -0.3 is 14.5 Å². The molecule has 2 heterocycles. The van der Waals surface area contributed by atoms with Crippen molar-refractivity contribution in [1.29, 1.82) is 0 Å². The number of hydrogen-bond acceptors (Lipinski definition) is 6. The highest BCUT2D eigenvalue weighted by Gasteiger charge is 2.34. The van der Waals surface area contributed by atoms with E-state index in [1.54, 1.807) is 4.57 Å². The molecule has 11 heteroatoms. The second kappa shape index (κ2) is 8.37. The zero-order chi connectivity index (χ0) is 24.0. The van der Waals surface area contributed by atoms with Gasteiger partial charge in [-0.25, -0.2) is 19.0 Å². The lowest BCUT2D eigenvalue weighted by atomic mass is 10.3. The number of amides is 1. The summed E-state index contributed by atoms with van der Waals surface area (Å²) < 4.78 is 26.6. The molecule has 2 fully saturated rings. The lowest BCUT2D eigenvalue weighted by Gasteiger charge is -2.14. The maximum atomic E-state index is 13.6. The summed E-state index contributed by atoms with van der Waals surface area (Å²) in [7, 11) is 2.86. The van der Waals surface area contributed by atoms with E-state index < -0.39 is 11.9 Å². The van der Waals surface area contributed by atoms with Gasteiger partial charge in [0.2, 0.25) is 0 Å². The van der Waals surface area contributed by atoms with Crippen LogP contribution in [0, 0.1) is 17.7 Å². The first-order valence-corrected chi connectivity index (χ1v) is 10.9. The number of benzene rings is 1. The molecule has 1 amide bonds. The summed E-state index contributed by atoms with van der Waals surface area (Å²) in [5.41, 5.74) is -0.127. The number of nitrogens with one attached hydrogen (secondary N) is 1. The predicted octanol–water partition coefficient (Wildman–Crippen LogP) is 2.19. The molecule has 0 bridgehead atoms. The molecule has 10 nitrogen and oxygen atoms in total. The minimum absolute atomic E-state index is 0.00364. The molecule has 2 saturated carbocycles. The third-order valence-electron chi connectivity index (χ3n) is 5.70. The highest BCUT2D eigenvalue weighted by molar-refractivity contribution is 5.72. The van der Waals surface area contributed by atoms with E-state index in [1.165, 1.54) is 35.8 Å². The van der Waals surface area contributed by atoms with Crippen molar-refractivity contribution in [2.75, 3.05) is 20.7 Å². The maximum Gasteiger partial charge on any atom is 0.415 e. The number of hydrogen-bond donors (Lipinski definition) is 1. The molecule has 5 rings (SSSR count). The highest BCUT2D eigenvalue weighted by atomic mass is 19.1. The summed E-state index contributed by atoms with van der Waals surface area (Å²) in [6, 6.07) is 3.63. The number of imidazole rings is 1. The summed E-state index contributed by atoms with van der Waals surface area (Å²) >= 11 is 0. The summed E-state index contributed by atoms with van der Waals surface area (Å²) in [6.07, 6.45) is 2.64. The fourth-order valence-corrected chi connectivity index (χ4v) is 3.68. The van der Waals surface area contributed by atoms with Gasteiger partial charge in [-0.05, 0) is 31.6 Å². The largest absolute Gasteiger partial charge is 0.497 e. The number of H-pyrrole nitrogens is 1. The Balaban J connectivity index is 1.35. The first-order chi connectivity index (χ1) is 16.4. The Morgan fingerprint density at radius 1 is 1.18 bits per heavy atom. The van der Waals surface area contributed by atoms with E-state index in [1.807, 2.05) is 0 Å². The number of ether oxygens (including phenoxy) is 2. The van der Waals surface area contributed by atoms with Gasteiger partial charge in [-0.2, -0.15) is 0 Å². The molecule has 0 saturated heterocycles. The second-order valence-electron chi connectivity index (χ2n) is 8.43. The van der Waals surface area contributed by atoms with Gasteiger partial charge in [-0.3, -0.25) is 18.8 Å². The fourth-order valence-electron chi connectivity index (χ4n) is 3.68. The van der Waals surface area contributed by atoms with E-state index in [2.05, 4.69) is 21.8 Å². The number of carbonyl (C=O) groups excluding carboxylic acids is 1. The van der Waals surface area contributed by atoms with Crippen molar-refractivity contribution < 1.29 is 18.7 Å². The number of carbonyl (C=O) groups is 1. The molecule has 0 aliphatic heterocycles. The number of halogens is 1. The SMILES string of the molecule is COc1cc(F)cc(OC(=O)N(C)CC#Cc2nc3c([nH]2)c(=O)n(C2CC2)c(=O)n3C2CC2)c1. The second-order valence-corrected chi connectivity index (χ2v) is 8.43. The first kappa shape index (κ1) is 21.8. The van der Waals surface area contributed by atoms with Gasteiger partial charge >= 0.3 is 11.8 Å². The highest BCUT2D eigenvalue weighted by Crippen LogP contribution is 2.36. The number of aromatic amines is 1. The van der Waals surface area contributed by atoms with Gasteiger partial charge in [0.05, 0.1) is 13.7 Å². The molecule has 0 radical (unpaired) electrons. The van der Waals surface area contributed by atoms with E-state index in [0.717, 1.165) is 31.7 Å². The van der Waals surface area contributed by atoms with Crippen LogP contribution in [0.3, 0.4) is 0 Å². The molecule has 34 heavy (non-hydrogen) atoms. The number of fused-ring (bicyclic) bond motifs is 1. The number of nitrogens with zero attached hydrogens (tertiary/aromatic N) is 4. The van der Waals surface area contributed by atoms with Crippen LogP contribution in [0.25, 0.3) is 11.2 Å². The lowest BCUT2D eigenvalue weighted by molar-refractivity contribution is 0.167. The van der Waals surface area contributed by atoms with Crippen LogP contribution in [-0.4, -0.2) is 50.8 Å². The third kappa shape index (κ3) is 4.14. The van der Waals surface area contributed by atoms with Crippen LogP contribution >= 0.6 is 0 Å². The molecule has 2 aliphatic carbocycles. The Morgan fingerprint density at radius 2 is 1.85 bits per heavy atom. The van der Waals surface area contributed by atoms with Crippen LogP contribution in [0.4, 0.5) is 9.18 Å². The standard InChI is InChI=1S/C23H22FN5O5/c1-27(23(32)34-17-11-13(24)10-16(12-17)33-2)9-3-4-18-25-19-20(26-18)28(14-5-6-14)22(31)29(21(19)30)15-7-8-15/h10-12,14-15H,5-9H2,1-2H3,(H,25,26). The number of methoxy groups -OCH3 is 1. The van der Waals surface area contributed by atoms with E-state index in [4.69, 9.17) is 9.47 Å². The normalized spacial score (nSPS) is 15.0. The van der Waals surface area contributed by atoms with Gasteiger partial charge in [-0.15, -0.1) is 0 Å². The van der Waals surface area contributed by atoms with Gasteiger partial charge in [0.15, 0.2) is 17.0 Å². The number of rotatable bonds is 5. The monoisotopic (exact) mass is 467 g/mol. The van der Waals surface area contributed by atoms with Crippen molar-refractivity contribution in [2.24, 2.45) is 0 Å². The van der Waals surface area contributed by atoms with Crippen molar-refractivity contribution in [2.45, 2.75) is 37.8 Å². The summed E-state index contributed by atoms with van der Waals surface area (Å²) in [5, 5.41) is 0. The van der Waals surface area contributed by atoms with Crippen molar-refractivity contribution in [3.05, 3.63) is 50.7 Å². The molecule has 1 aromatic carbocycles. The lowest BCUT2D eigenvalue weighted by Crippen LogP contribution is -2.39. The van der Waals surface area contributed by atoms with Crippen LogP contribution in [-0.2, 0) is 0 Å². The van der Waals surface area contributed by atoms with Crippen LogP contribution in [0.5, 0.6) is 11.5 Å². The molecule has 176 valence electrons. The molecule has 3 aromatic rings. The molecule has 1 N–H and O–H groups in total. The molecular weight excluding hydrogens is 445 g/mol. The average Bonchev–Trinajstić information content (AvgIpc) is 3.72. The predicted molar refractivity (Wildman–Crippen MR) is 120 cm³/mol. The maximum absolute atomic E-state index is 13.6. The molecule has 2 aromatic heterocycles. The van der Waals surface area contributed by atoms with E-state index in [-0.39, 0.29) is 52.7 Å². The summed E-state index contributed by atoms with van der Waals surface area (Å²) in [5.74, 6) is 5.45. The van der Waals surface area contributed by atoms with Crippen molar-refractivity contribution in [3.8, 4) is 23.3 Å². The van der Waals surface area contributed by atoms with Crippen LogP contribution in [0.2, 0.25) is 0 Å². The van der Waals surface area contributed by atoms with Gasteiger partial charge in [-0.1, -0.05) is 5.92 Å². The molecule has 2 aliphatic rings.